The maximum atomic E-state index is 4.44. The van der Waals surface area contributed by atoms with E-state index >= 15 is 0 Å². The third-order valence-corrected chi connectivity index (χ3v) is 4.05. The van der Waals surface area contributed by atoms with Crippen LogP contribution in [0.1, 0.15) is 10.7 Å². The Morgan fingerprint density at radius 2 is 1.81 bits per heavy atom. The number of rotatable bonds is 6. The Balaban J connectivity index is 1.49. The lowest BCUT2D eigenvalue weighted by molar-refractivity contribution is 0.677. The van der Waals surface area contributed by atoms with E-state index in [0.29, 0.717) is 0 Å². The lowest BCUT2D eigenvalue weighted by Crippen LogP contribution is -2.16. The standard InChI is InChI=1S/C16H16N4S/c1-3-8-18-13(5-1)7-10-17-12-16-20-11-15(21-16)14-6-2-4-9-19-14/h1-6,8-9,11,17H,7,10,12H2. The number of hydrogen-bond donors (Lipinski definition) is 1. The molecule has 0 bridgehead atoms. The topological polar surface area (TPSA) is 50.7 Å². The molecular weight excluding hydrogens is 280 g/mol. The molecule has 5 heteroatoms. The Morgan fingerprint density at radius 1 is 0.952 bits per heavy atom. The Kier molecular flexibility index (Phi) is 4.66. The minimum absolute atomic E-state index is 0.782. The number of hydrogen-bond acceptors (Lipinski definition) is 5. The molecule has 0 aliphatic carbocycles. The quantitative estimate of drug-likeness (QED) is 0.711. The van der Waals surface area contributed by atoms with Crippen LogP contribution in [0.4, 0.5) is 0 Å². The van der Waals surface area contributed by atoms with Crippen LogP contribution in [0.3, 0.4) is 0 Å². The zero-order valence-electron chi connectivity index (χ0n) is 11.6. The van der Waals surface area contributed by atoms with E-state index in [1.165, 1.54) is 0 Å². The summed E-state index contributed by atoms with van der Waals surface area (Å²) in [6.45, 7) is 1.68. The summed E-state index contributed by atoms with van der Waals surface area (Å²) >= 11 is 1.68. The average molecular weight is 296 g/mol. The van der Waals surface area contributed by atoms with Crippen molar-refractivity contribution >= 4 is 11.3 Å². The summed E-state index contributed by atoms with van der Waals surface area (Å²) in [6, 6.07) is 11.9. The van der Waals surface area contributed by atoms with Crippen LogP contribution in [0.25, 0.3) is 10.6 Å². The molecule has 3 rings (SSSR count). The summed E-state index contributed by atoms with van der Waals surface area (Å²) < 4.78 is 0. The Morgan fingerprint density at radius 3 is 2.57 bits per heavy atom. The van der Waals surface area contributed by atoms with Gasteiger partial charge in [0, 0.05) is 43.8 Å². The molecule has 106 valence electrons. The van der Waals surface area contributed by atoms with Gasteiger partial charge in [-0.05, 0) is 24.3 Å². The summed E-state index contributed by atoms with van der Waals surface area (Å²) in [6.07, 6.45) is 6.46. The molecule has 0 saturated carbocycles. The van der Waals surface area contributed by atoms with Crippen molar-refractivity contribution in [3.8, 4) is 10.6 Å². The average Bonchev–Trinajstić information content (AvgIpc) is 3.02. The fraction of sp³-hybridized carbons (Fsp3) is 0.188. The minimum atomic E-state index is 0.782. The highest BCUT2D eigenvalue weighted by molar-refractivity contribution is 7.15. The Labute approximate surface area is 127 Å². The highest BCUT2D eigenvalue weighted by atomic mass is 32.1. The summed E-state index contributed by atoms with van der Waals surface area (Å²) in [7, 11) is 0. The molecule has 0 amide bonds. The first-order valence-corrected chi connectivity index (χ1v) is 7.70. The van der Waals surface area contributed by atoms with Crippen LogP contribution in [0.15, 0.2) is 55.0 Å². The molecule has 21 heavy (non-hydrogen) atoms. The fourth-order valence-corrected chi connectivity index (χ4v) is 2.84. The first kappa shape index (κ1) is 13.9. The second-order valence-corrected chi connectivity index (χ2v) is 5.70. The van der Waals surface area contributed by atoms with Gasteiger partial charge in [0.2, 0.25) is 0 Å². The molecule has 3 aromatic heterocycles. The van der Waals surface area contributed by atoms with Crippen molar-refractivity contribution in [3.05, 3.63) is 65.7 Å². The van der Waals surface area contributed by atoms with Crippen molar-refractivity contribution in [2.24, 2.45) is 0 Å². The summed E-state index contributed by atoms with van der Waals surface area (Å²) in [5, 5.41) is 4.48. The predicted octanol–water partition coefficient (Wildman–Crippen LogP) is 2.93. The van der Waals surface area contributed by atoms with Gasteiger partial charge in [0.15, 0.2) is 0 Å². The monoisotopic (exact) mass is 296 g/mol. The number of aromatic nitrogens is 3. The molecular formula is C16H16N4S. The molecule has 0 aliphatic rings. The summed E-state index contributed by atoms with van der Waals surface area (Å²) in [5.41, 5.74) is 2.09. The van der Waals surface area contributed by atoms with Crippen molar-refractivity contribution in [1.82, 2.24) is 20.3 Å². The van der Waals surface area contributed by atoms with Gasteiger partial charge in [-0.2, -0.15) is 0 Å². The second kappa shape index (κ2) is 7.06. The molecule has 4 nitrogen and oxygen atoms in total. The van der Waals surface area contributed by atoms with Gasteiger partial charge in [-0.3, -0.25) is 9.97 Å². The summed E-state index contributed by atoms with van der Waals surface area (Å²) in [4.78, 5) is 14.2. The SMILES string of the molecule is c1ccc(CCNCc2ncc(-c3ccccn3)s2)nc1. The number of nitrogens with one attached hydrogen (secondary N) is 1. The van der Waals surface area contributed by atoms with E-state index in [1.54, 1.807) is 17.5 Å². The first-order valence-electron chi connectivity index (χ1n) is 6.88. The van der Waals surface area contributed by atoms with Crippen LogP contribution >= 0.6 is 11.3 Å². The van der Waals surface area contributed by atoms with Crippen molar-refractivity contribution < 1.29 is 0 Å². The predicted molar refractivity (Wildman–Crippen MR) is 85.0 cm³/mol. The van der Waals surface area contributed by atoms with Gasteiger partial charge in [-0.25, -0.2) is 4.98 Å². The van der Waals surface area contributed by atoms with Gasteiger partial charge < -0.3 is 5.32 Å². The molecule has 0 unspecified atom stereocenters. The van der Waals surface area contributed by atoms with E-state index in [4.69, 9.17) is 0 Å². The van der Waals surface area contributed by atoms with Crippen LogP contribution in [-0.4, -0.2) is 21.5 Å². The largest absolute Gasteiger partial charge is 0.310 e. The van der Waals surface area contributed by atoms with Crippen molar-refractivity contribution in [3.63, 3.8) is 0 Å². The molecule has 3 heterocycles. The normalized spacial score (nSPS) is 10.7. The molecule has 0 aliphatic heterocycles. The van der Waals surface area contributed by atoms with Crippen molar-refractivity contribution in [2.75, 3.05) is 6.54 Å². The van der Waals surface area contributed by atoms with Gasteiger partial charge in [0.05, 0.1) is 10.6 Å². The number of thiazole rings is 1. The zero-order valence-corrected chi connectivity index (χ0v) is 12.4. The van der Waals surface area contributed by atoms with Gasteiger partial charge in [-0.1, -0.05) is 12.1 Å². The third kappa shape index (κ3) is 3.93. The van der Waals surface area contributed by atoms with Gasteiger partial charge in [0.1, 0.15) is 5.01 Å². The van der Waals surface area contributed by atoms with E-state index in [2.05, 4.69) is 20.3 Å². The van der Waals surface area contributed by atoms with Gasteiger partial charge >= 0.3 is 0 Å². The van der Waals surface area contributed by atoms with Gasteiger partial charge in [0.25, 0.3) is 0 Å². The smallest absolute Gasteiger partial charge is 0.107 e. The van der Waals surface area contributed by atoms with Crippen LogP contribution in [0.2, 0.25) is 0 Å². The fourth-order valence-electron chi connectivity index (χ4n) is 1.98. The molecule has 0 radical (unpaired) electrons. The second-order valence-electron chi connectivity index (χ2n) is 4.58. The molecule has 0 saturated heterocycles. The Hall–Kier alpha value is -2.11. The van der Waals surface area contributed by atoms with Crippen LogP contribution in [0.5, 0.6) is 0 Å². The van der Waals surface area contributed by atoms with Crippen LogP contribution in [0, 0.1) is 0 Å². The highest BCUT2D eigenvalue weighted by Crippen LogP contribution is 2.23. The Bertz CT molecular complexity index is 667. The van der Waals surface area contributed by atoms with E-state index in [0.717, 1.165) is 40.8 Å². The van der Waals surface area contributed by atoms with Gasteiger partial charge in [-0.15, -0.1) is 11.3 Å². The number of pyridine rings is 2. The lowest BCUT2D eigenvalue weighted by Gasteiger charge is -2.01. The minimum Gasteiger partial charge on any atom is -0.310 e. The zero-order chi connectivity index (χ0) is 14.3. The lowest BCUT2D eigenvalue weighted by atomic mass is 10.3. The highest BCUT2D eigenvalue weighted by Gasteiger charge is 2.04. The number of nitrogens with zero attached hydrogens (tertiary/aromatic N) is 3. The van der Waals surface area contributed by atoms with E-state index in [-0.39, 0.29) is 0 Å². The van der Waals surface area contributed by atoms with E-state index in [1.807, 2.05) is 48.8 Å². The maximum Gasteiger partial charge on any atom is 0.107 e. The van der Waals surface area contributed by atoms with Crippen LogP contribution < -0.4 is 5.32 Å². The van der Waals surface area contributed by atoms with E-state index in [9.17, 15) is 0 Å². The molecule has 0 aromatic carbocycles. The molecule has 3 aromatic rings. The third-order valence-electron chi connectivity index (χ3n) is 3.03. The summed E-state index contributed by atoms with van der Waals surface area (Å²) in [5.74, 6) is 0. The first-order chi connectivity index (χ1) is 10.4. The van der Waals surface area contributed by atoms with Crippen molar-refractivity contribution in [1.29, 1.82) is 0 Å². The molecule has 0 fully saturated rings. The van der Waals surface area contributed by atoms with Crippen LogP contribution in [-0.2, 0) is 13.0 Å². The van der Waals surface area contributed by atoms with Crippen molar-refractivity contribution in [2.45, 2.75) is 13.0 Å². The van der Waals surface area contributed by atoms with E-state index < -0.39 is 0 Å². The molecule has 1 N–H and O–H groups in total. The maximum absolute atomic E-state index is 4.44. The molecule has 0 atom stereocenters. The molecule has 0 spiro atoms.